The highest BCUT2D eigenvalue weighted by Crippen LogP contribution is 2.20. The zero-order valence-corrected chi connectivity index (χ0v) is 17.3. The molecule has 31 heavy (non-hydrogen) atoms. The molecule has 0 saturated carbocycles. The van der Waals surface area contributed by atoms with Gasteiger partial charge in [-0.1, -0.05) is 17.3 Å². The fourth-order valence-corrected chi connectivity index (χ4v) is 3.22. The summed E-state index contributed by atoms with van der Waals surface area (Å²) >= 11 is 0. The van der Waals surface area contributed by atoms with Crippen molar-refractivity contribution in [1.82, 2.24) is 25.0 Å². The van der Waals surface area contributed by atoms with Crippen molar-refractivity contribution in [1.29, 1.82) is 0 Å². The van der Waals surface area contributed by atoms with Crippen LogP contribution in [0.25, 0.3) is 16.9 Å². The van der Waals surface area contributed by atoms with Crippen molar-refractivity contribution in [2.24, 2.45) is 0 Å². The number of aromatic amines is 1. The lowest BCUT2D eigenvalue weighted by Gasteiger charge is -2.06. The zero-order valence-electron chi connectivity index (χ0n) is 17.3. The Bertz CT molecular complexity index is 1180. The molecule has 10 nitrogen and oxygen atoms in total. The van der Waals surface area contributed by atoms with Crippen LogP contribution < -0.4 is 5.32 Å². The lowest BCUT2D eigenvalue weighted by atomic mass is 10.2. The first kappa shape index (κ1) is 21.8. The van der Waals surface area contributed by atoms with Gasteiger partial charge in [0.05, 0.1) is 17.6 Å². The highest BCUT2D eigenvalue weighted by Gasteiger charge is 2.13. The van der Waals surface area contributed by atoms with Gasteiger partial charge in [0.15, 0.2) is 5.82 Å². The molecule has 4 rings (SSSR count). The third-order valence-electron chi connectivity index (χ3n) is 4.61. The average Bonchev–Trinajstić information content (AvgIpc) is 3.39. The van der Waals surface area contributed by atoms with Crippen LogP contribution in [0, 0.1) is 20.8 Å². The van der Waals surface area contributed by atoms with Crippen molar-refractivity contribution in [2.75, 3.05) is 0 Å². The molecule has 0 radical (unpaired) electrons. The second-order valence-electron chi connectivity index (χ2n) is 6.94. The number of H-pyrrole nitrogens is 1. The van der Waals surface area contributed by atoms with Gasteiger partial charge >= 0.3 is 11.9 Å². The van der Waals surface area contributed by atoms with Gasteiger partial charge in [0.1, 0.15) is 11.6 Å². The Hall–Kier alpha value is -3.92. The predicted octanol–water partition coefficient (Wildman–Crippen LogP) is 2.71. The van der Waals surface area contributed by atoms with Gasteiger partial charge in [0, 0.05) is 24.0 Å². The zero-order chi connectivity index (χ0) is 22.5. The molecule has 3 heterocycles. The van der Waals surface area contributed by atoms with Gasteiger partial charge < -0.3 is 29.6 Å². The molecule has 0 aliphatic carbocycles. The maximum absolute atomic E-state index is 9.10. The van der Waals surface area contributed by atoms with E-state index in [-0.39, 0.29) is 0 Å². The monoisotopic (exact) mass is 425 g/mol. The number of aryl methyl sites for hydroxylation is 2. The quantitative estimate of drug-likeness (QED) is 0.357. The summed E-state index contributed by atoms with van der Waals surface area (Å²) in [7, 11) is 0. The molecule has 0 aliphatic heterocycles. The molecule has 0 fully saturated rings. The molecule has 3 aromatic heterocycles. The van der Waals surface area contributed by atoms with Gasteiger partial charge in [0.25, 0.3) is 0 Å². The van der Waals surface area contributed by atoms with Crippen LogP contribution >= 0.6 is 0 Å². The van der Waals surface area contributed by atoms with E-state index in [0.29, 0.717) is 6.54 Å². The van der Waals surface area contributed by atoms with Crippen molar-refractivity contribution in [3.05, 3.63) is 64.9 Å². The van der Waals surface area contributed by atoms with E-state index < -0.39 is 11.9 Å². The van der Waals surface area contributed by atoms with Crippen molar-refractivity contribution in [2.45, 2.75) is 33.9 Å². The van der Waals surface area contributed by atoms with Crippen molar-refractivity contribution in [3.63, 3.8) is 0 Å². The third kappa shape index (κ3) is 5.17. The summed E-state index contributed by atoms with van der Waals surface area (Å²) in [6.45, 7) is 7.56. The molecular weight excluding hydrogens is 402 g/mol. The predicted molar refractivity (Wildman–Crippen MR) is 112 cm³/mol. The molecule has 0 aliphatic rings. The molecule has 4 N–H and O–H groups in total. The fourth-order valence-electron chi connectivity index (χ4n) is 3.22. The number of aliphatic carboxylic acids is 2. The minimum atomic E-state index is -1.82. The van der Waals surface area contributed by atoms with Gasteiger partial charge in [-0.15, -0.1) is 0 Å². The maximum Gasteiger partial charge on any atom is 0.414 e. The molecule has 162 valence electrons. The van der Waals surface area contributed by atoms with E-state index in [9.17, 15) is 0 Å². The summed E-state index contributed by atoms with van der Waals surface area (Å²) in [5, 5.41) is 22.4. The molecule has 0 spiro atoms. The number of hydrogen-bond donors (Lipinski definition) is 4. The standard InChI is InChI=1S/C19H21N5O.C2H2O4/c1-12-8-15(14(3)24(12)19-9-13(2)25-23-19)10-20-11-18-21-16-6-4-5-7-17(16)22-18;3-1(4)2(5)6/h4-9,20H,10-11H2,1-3H3,(H,21,22);(H,3,4)(H,5,6). The number of hydrogen-bond acceptors (Lipinski definition) is 6. The van der Waals surface area contributed by atoms with Gasteiger partial charge in [-0.25, -0.2) is 14.6 Å². The number of nitrogens with zero attached hydrogens (tertiary/aromatic N) is 3. The number of para-hydroxylation sites is 2. The van der Waals surface area contributed by atoms with Crippen LogP contribution in [0.15, 0.2) is 40.9 Å². The number of carboxylic acids is 2. The van der Waals surface area contributed by atoms with Gasteiger partial charge in [-0.05, 0) is 44.5 Å². The molecule has 10 heteroatoms. The largest absolute Gasteiger partial charge is 0.473 e. The Morgan fingerprint density at radius 1 is 1.10 bits per heavy atom. The number of fused-ring (bicyclic) bond motifs is 1. The van der Waals surface area contributed by atoms with E-state index in [1.807, 2.05) is 37.3 Å². The average molecular weight is 425 g/mol. The number of aromatic nitrogens is 4. The molecule has 0 unspecified atom stereocenters. The Labute approximate surface area is 177 Å². The first-order valence-electron chi connectivity index (χ1n) is 9.48. The molecular formula is C21H23N5O5. The van der Waals surface area contributed by atoms with Gasteiger partial charge in [0.2, 0.25) is 0 Å². The van der Waals surface area contributed by atoms with E-state index in [0.717, 1.165) is 40.7 Å². The lowest BCUT2D eigenvalue weighted by Crippen LogP contribution is -2.14. The summed E-state index contributed by atoms with van der Waals surface area (Å²) in [5.41, 5.74) is 5.63. The second kappa shape index (κ2) is 9.26. The summed E-state index contributed by atoms with van der Waals surface area (Å²) < 4.78 is 7.33. The summed E-state index contributed by atoms with van der Waals surface area (Å²) in [4.78, 5) is 26.1. The first-order chi connectivity index (χ1) is 14.8. The molecule has 0 amide bonds. The van der Waals surface area contributed by atoms with Crippen LogP contribution in [-0.4, -0.2) is 41.8 Å². The Morgan fingerprint density at radius 2 is 1.81 bits per heavy atom. The van der Waals surface area contributed by atoms with E-state index in [4.69, 9.17) is 24.3 Å². The minimum absolute atomic E-state index is 0.696. The molecule has 4 aromatic rings. The summed E-state index contributed by atoms with van der Waals surface area (Å²) in [6, 6.07) is 12.2. The number of nitrogens with one attached hydrogen (secondary N) is 2. The summed E-state index contributed by atoms with van der Waals surface area (Å²) in [6.07, 6.45) is 0. The van der Waals surface area contributed by atoms with E-state index in [1.54, 1.807) is 0 Å². The van der Waals surface area contributed by atoms with E-state index in [1.165, 1.54) is 11.3 Å². The fraction of sp³-hybridized carbons (Fsp3) is 0.238. The van der Waals surface area contributed by atoms with Crippen LogP contribution in [-0.2, 0) is 22.7 Å². The highest BCUT2D eigenvalue weighted by molar-refractivity contribution is 6.27. The lowest BCUT2D eigenvalue weighted by molar-refractivity contribution is -0.159. The van der Waals surface area contributed by atoms with Gasteiger partial charge in [-0.3, -0.25) is 0 Å². The highest BCUT2D eigenvalue weighted by atomic mass is 16.5. The molecule has 0 bridgehead atoms. The Kier molecular flexibility index (Phi) is 6.51. The molecule has 1 aromatic carbocycles. The number of imidazole rings is 1. The van der Waals surface area contributed by atoms with Crippen LogP contribution in [0.5, 0.6) is 0 Å². The van der Waals surface area contributed by atoms with Crippen molar-refractivity contribution in [3.8, 4) is 5.82 Å². The van der Waals surface area contributed by atoms with Crippen LogP contribution in [0.3, 0.4) is 0 Å². The number of rotatable bonds is 5. The smallest absolute Gasteiger partial charge is 0.414 e. The number of carboxylic acid groups (broad SMARTS) is 2. The molecule has 0 atom stereocenters. The molecule has 0 saturated heterocycles. The SMILES string of the molecule is Cc1cc(-n2c(C)cc(CNCc3nc4ccccc4[nH]3)c2C)no1.O=C(O)C(=O)O. The first-order valence-corrected chi connectivity index (χ1v) is 9.48. The number of carbonyl (C=O) groups is 2. The van der Waals surface area contributed by atoms with Crippen LogP contribution in [0.4, 0.5) is 0 Å². The Balaban J connectivity index is 0.000000401. The van der Waals surface area contributed by atoms with Crippen LogP contribution in [0.1, 0.15) is 28.5 Å². The third-order valence-corrected chi connectivity index (χ3v) is 4.61. The van der Waals surface area contributed by atoms with Crippen molar-refractivity contribution < 1.29 is 24.3 Å². The van der Waals surface area contributed by atoms with E-state index >= 15 is 0 Å². The number of benzene rings is 1. The van der Waals surface area contributed by atoms with Crippen molar-refractivity contribution >= 4 is 23.0 Å². The maximum atomic E-state index is 9.10. The topological polar surface area (TPSA) is 146 Å². The second-order valence-corrected chi connectivity index (χ2v) is 6.94. The van der Waals surface area contributed by atoms with Crippen LogP contribution in [0.2, 0.25) is 0 Å². The van der Waals surface area contributed by atoms with Gasteiger partial charge in [-0.2, -0.15) is 0 Å². The minimum Gasteiger partial charge on any atom is -0.473 e. The summed E-state index contributed by atoms with van der Waals surface area (Å²) in [5.74, 6) is -1.06. The normalized spacial score (nSPS) is 10.7. The van der Waals surface area contributed by atoms with E-state index in [2.05, 4.69) is 44.9 Å². The Morgan fingerprint density at radius 3 is 2.42 bits per heavy atom.